The molecule has 0 aromatic carbocycles. The molecule has 2 aromatic heterocycles. The fourth-order valence-corrected chi connectivity index (χ4v) is 2.08. The summed E-state index contributed by atoms with van der Waals surface area (Å²) in [7, 11) is 0. The third-order valence-electron chi connectivity index (χ3n) is 3.09. The first-order valence-corrected chi connectivity index (χ1v) is 7.22. The Bertz CT molecular complexity index is 713. The van der Waals surface area contributed by atoms with Gasteiger partial charge in [0, 0.05) is 18.2 Å². The summed E-state index contributed by atoms with van der Waals surface area (Å²) < 4.78 is 11.9. The molecule has 2 heterocycles. The van der Waals surface area contributed by atoms with Gasteiger partial charge in [-0.25, -0.2) is 9.78 Å². The SMILES string of the molecule is CC(C)OC(=O)c1ccn(Cc2ncoc2C(C)C)c(=O)c1. The molecule has 0 fully saturated rings. The molecule has 22 heavy (non-hydrogen) atoms. The van der Waals surface area contributed by atoms with Crippen LogP contribution in [0.1, 0.15) is 55.4 Å². The third-order valence-corrected chi connectivity index (χ3v) is 3.09. The molecular formula is C16H20N2O4. The molecule has 2 rings (SSSR count). The van der Waals surface area contributed by atoms with E-state index in [-0.39, 0.29) is 23.1 Å². The van der Waals surface area contributed by atoms with Crippen molar-refractivity contribution in [1.29, 1.82) is 0 Å². The lowest BCUT2D eigenvalue weighted by Gasteiger charge is -2.09. The van der Waals surface area contributed by atoms with Crippen LogP contribution in [0.4, 0.5) is 0 Å². The van der Waals surface area contributed by atoms with Crippen molar-refractivity contribution >= 4 is 5.97 Å². The lowest BCUT2D eigenvalue weighted by atomic mass is 10.1. The number of ether oxygens (including phenoxy) is 1. The minimum atomic E-state index is -0.497. The van der Waals surface area contributed by atoms with Crippen LogP contribution in [0, 0.1) is 0 Å². The maximum atomic E-state index is 12.1. The molecule has 0 bridgehead atoms. The Morgan fingerprint density at radius 1 is 1.36 bits per heavy atom. The van der Waals surface area contributed by atoms with Crippen molar-refractivity contribution in [2.75, 3.05) is 0 Å². The van der Waals surface area contributed by atoms with Gasteiger partial charge in [-0.15, -0.1) is 0 Å². The van der Waals surface area contributed by atoms with Gasteiger partial charge in [0.15, 0.2) is 6.39 Å². The van der Waals surface area contributed by atoms with Crippen LogP contribution in [0.2, 0.25) is 0 Å². The summed E-state index contributed by atoms with van der Waals surface area (Å²) in [5, 5.41) is 0. The molecule has 0 unspecified atom stereocenters. The van der Waals surface area contributed by atoms with Gasteiger partial charge in [0.1, 0.15) is 11.5 Å². The number of rotatable bonds is 5. The maximum absolute atomic E-state index is 12.1. The minimum Gasteiger partial charge on any atom is -0.459 e. The molecule has 6 heteroatoms. The number of carbonyl (C=O) groups is 1. The normalized spacial score (nSPS) is 11.2. The summed E-state index contributed by atoms with van der Waals surface area (Å²) >= 11 is 0. The molecule has 2 aromatic rings. The number of hydrogen-bond acceptors (Lipinski definition) is 5. The van der Waals surface area contributed by atoms with Crippen LogP contribution in [-0.4, -0.2) is 21.6 Å². The molecule has 0 spiro atoms. The lowest BCUT2D eigenvalue weighted by Crippen LogP contribution is -2.22. The van der Waals surface area contributed by atoms with Gasteiger partial charge >= 0.3 is 5.97 Å². The number of nitrogens with zero attached hydrogens (tertiary/aromatic N) is 2. The van der Waals surface area contributed by atoms with Gasteiger partial charge in [-0.05, 0) is 19.9 Å². The molecule has 0 aliphatic carbocycles. The van der Waals surface area contributed by atoms with Crippen molar-refractivity contribution in [3.8, 4) is 0 Å². The van der Waals surface area contributed by atoms with E-state index in [1.54, 1.807) is 26.1 Å². The zero-order valence-corrected chi connectivity index (χ0v) is 13.2. The Morgan fingerprint density at radius 3 is 2.68 bits per heavy atom. The van der Waals surface area contributed by atoms with Crippen LogP contribution in [0.3, 0.4) is 0 Å². The second kappa shape index (κ2) is 6.60. The second-order valence-electron chi connectivity index (χ2n) is 5.65. The van der Waals surface area contributed by atoms with E-state index in [4.69, 9.17) is 9.15 Å². The van der Waals surface area contributed by atoms with E-state index >= 15 is 0 Å². The average Bonchev–Trinajstić information content (AvgIpc) is 2.88. The minimum absolute atomic E-state index is 0.188. The van der Waals surface area contributed by atoms with Crippen LogP contribution in [0.25, 0.3) is 0 Å². The molecule has 0 radical (unpaired) electrons. The Morgan fingerprint density at radius 2 is 2.09 bits per heavy atom. The quantitative estimate of drug-likeness (QED) is 0.794. The van der Waals surface area contributed by atoms with Crippen LogP contribution in [-0.2, 0) is 11.3 Å². The van der Waals surface area contributed by atoms with Gasteiger partial charge < -0.3 is 13.7 Å². The van der Waals surface area contributed by atoms with E-state index in [0.717, 1.165) is 11.5 Å². The first-order valence-electron chi connectivity index (χ1n) is 7.22. The van der Waals surface area contributed by atoms with E-state index in [1.807, 2.05) is 13.8 Å². The molecule has 6 nitrogen and oxygen atoms in total. The van der Waals surface area contributed by atoms with Crippen molar-refractivity contribution in [2.45, 2.75) is 46.3 Å². The number of oxazole rings is 1. The number of pyridine rings is 1. The van der Waals surface area contributed by atoms with Gasteiger partial charge in [0.25, 0.3) is 5.56 Å². The average molecular weight is 304 g/mol. The number of aromatic nitrogens is 2. The van der Waals surface area contributed by atoms with Crippen LogP contribution >= 0.6 is 0 Å². The van der Waals surface area contributed by atoms with E-state index in [2.05, 4.69) is 4.98 Å². The zero-order chi connectivity index (χ0) is 16.3. The fourth-order valence-electron chi connectivity index (χ4n) is 2.08. The van der Waals surface area contributed by atoms with Crippen molar-refractivity contribution in [1.82, 2.24) is 9.55 Å². The van der Waals surface area contributed by atoms with Gasteiger partial charge in [0.2, 0.25) is 0 Å². The molecule has 0 aliphatic rings. The largest absolute Gasteiger partial charge is 0.459 e. The van der Waals surface area contributed by atoms with Crippen molar-refractivity contribution in [2.24, 2.45) is 0 Å². The summed E-state index contributed by atoms with van der Waals surface area (Å²) in [5.74, 6) is 0.451. The van der Waals surface area contributed by atoms with E-state index < -0.39 is 5.97 Å². The van der Waals surface area contributed by atoms with Crippen LogP contribution in [0.15, 0.2) is 33.9 Å². The van der Waals surface area contributed by atoms with Crippen LogP contribution < -0.4 is 5.56 Å². The first-order chi connectivity index (χ1) is 10.4. The highest BCUT2D eigenvalue weighted by molar-refractivity contribution is 5.89. The molecule has 0 saturated heterocycles. The van der Waals surface area contributed by atoms with Gasteiger partial charge in [0.05, 0.1) is 18.2 Å². The molecular weight excluding hydrogens is 284 g/mol. The highest BCUT2D eigenvalue weighted by atomic mass is 16.5. The monoisotopic (exact) mass is 304 g/mol. The predicted octanol–water partition coefficient (Wildman–Crippen LogP) is 2.57. The lowest BCUT2D eigenvalue weighted by molar-refractivity contribution is 0.0377. The Kier molecular flexibility index (Phi) is 4.80. The number of carbonyl (C=O) groups excluding carboxylic acids is 1. The van der Waals surface area contributed by atoms with Crippen molar-refractivity contribution in [3.63, 3.8) is 0 Å². The summed E-state index contributed by atoms with van der Waals surface area (Å²) in [6.07, 6.45) is 2.72. The van der Waals surface area contributed by atoms with Gasteiger partial charge in [-0.3, -0.25) is 4.79 Å². The molecule has 0 atom stereocenters. The van der Waals surface area contributed by atoms with Gasteiger partial charge in [-0.1, -0.05) is 13.8 Å². The predicted molar refractivity (Wildman–Crippen MR) is 80.9 cm³/mol. The molecule has 0 N–H and O–H groups in total. The molecule has 0 saturated carbocycles. The summed E-state index contributed by atoms with van der Waals surface area (Å²) in [5.41, 5.74) is 0.685. The second-order valence-corrected chi connectivity index (χ2v) is 5.65. The van der Waals surface area contributed by atoms with Gasteiger partial charge in [-0.2, -0.15) is 0 Å². The number of hydrogen-bond donors (Lipinski definition) is 0. The smallest absolute Gasteiger partial charge is 0.338 e. The fraction of sp³-hybridized carbons (Fsp3) is 0.438. The summed E-state index contributed by atoms with van der Waals surface area (Å²) in [6, 6.07) is 2.85. The molecule has 0 amide bonds. The topological polar surface area (TPSA) is 74.3 Å². The Labute approximate surface area is 128 Å². The van der Waals surface area contributed by atoms with E-state index in [1.165, 1.54) is 17.0 Å². The van der Waals surface area contributed by atoms with Crippen molar-refractivity contribution in [3.05, 3.63) is 52.1 Å². The number of esters is 1. The Hall–Kier alpha value is -2.37. The van der Waals surface area contributed by atoms with Crippen molar-refractivity contribution < 1.29 is 13.9 Å². The zero-order valence-electron chi connectivity index (χ0n) is 13.2. The summed E-state index contributed by atoms with van der Waals surface area (Å²) in [6.45, 7) is 7.83. The third kappa shape index (κ3) is 3.63. The van der Waals surface area contributed by atoms with Crippen LogP contribution in [0.5, 0.6) is 0 Å². The van der Waals surface area contributed by atoms with E-state index in [0.29, 0.717) is 6.54 Å². The highest BCUT2D eigenvalue weighted by Crippen LogP contribution is 2.18. The highest BCUT2D eigenvalue weighted by Gasteiger charge is 2.14. The Balaban J connectivity index is 2.22. The maximum Gasteiger partial charge on any atom is 0.338 e. The van der Waals surface area contributed by atoms with E-state index in [9.17, 15) is 9.59 Å². The first kappa shape index (κ1) is 16.0. The molecule has 118 valence electrons. The molecule has 0 aliphatic heterocycles. The standard InChI is InChI=1S/C16H20N2O4/c1-10(2)15-13(17-9-21-15)8-18-6-5-12(7-14(18)19)16(20)22-11(3)4/h5-7,9-11H,8H2,1-4H3. The summed E-state index contributed by atoms with van der Waals surface area (Å²) in [4.78, 5) is 28.1.